The maximum Gasteiger partial charge on any atom is 0.338 e. The molecule has 0 amide bonds. The minimum atomic E-state index is -0.758. The summed E-state index contributed by atoms with van der Waals surface area (Å²) in [6.45, 7) is 6.63. The van der Waals surface area contributed by atoms with Crippen LogP contribution in [0.4, 0.5) is 0 Å². The number of hydrogen-bond donors (Lipinski definition) is 0. The Morgan fingerprint density at radius 2 is 1.80 bits per heavy atom. The van der Waals surface area contributed by atoms with Crippen LogP contribution in [0.2, 0.25) is 10.0 Å². The Balaban J connectivity index is 1.52. The molecule has 0 aliphatic carbocycles. The lowest BCUT2D eigenvalue weighted by atomic mass is 9.95. The summed E-state index contributed by atoms with van der Waals surface area (Å²) in [6.07, 6.45) is 3.93. The molecule has 7 nitrogen and oxygen atoms in total. The van der Waals surface area contributed by atoms with Gasteiger partial charge in [0.15, 0.2) is 4.80 Å². The highest BCUT2D eigenvalue weighted by atomic mass is 35.5. The number of rotatable bonds is 8. The first-order valence-corrected chi connectivity index (χ1v) is 15.8. The number of thiazole rings is 1. The predicted molar refractivity (Wildman–Crippen MR) is 176 cm³/mol. The number of allylic oxidation sites excluding steroid dienone is 1. The monoisotopic (exact) mass is 645 g/mol. The molecule has 0 unspecified atom stereocenters. The smallest absolute Gasteiger partial charge is 0.338 e. The Morgan fingerprint density at radius 3 is 2.57 bits per heavy atom. The van der Waals surface area contributed by atoms with Crippen LogP contribution in [0.5, 0.6) is 5.75 Å². The Hall–Kier alpha value is -4.11. The lowest BCUT2D eigenvalue weighted by Crippen LogP contribution is -2.40. The zero-order valence-corrected chi connectivity index (χ0v) is 26.7. The number of carbonyl (C=O) groups excluding carboxylic acids is 1. The van der Waals surface area contributed by atoms with Gasteiger partial charge >= 0.3 is 5.97 Å². The normalized spacial score (nSPS) is 14.9. The molecule has 44 heavy (non-hydrogen) atoms. The first-order valence-electron chi connectivity index (χ1n) is 14.2. The van der Waals surface area contributed by atoms with E-state index < -0.39 is 12.0 Å². The standard InChI is InChI=1S/C34H29Cl2N3O4S/c1-4-42-28-13-9-7-11-24(28)31-30(33(41)43-5-2)20(3)37-34-39(31)32(40)29(44-34)17-22-19-38(27-12-8-6-10-23(22)27)18-21-14-15-25(35)26(36)16-21/h6-17,19,31H,4-5,18H2,1-3H3/b29-17-/t31-/m0/s1. The van der Waals surface area contributed by atoms with Crippen LogP contribution in [0.3, 0.4) is 0 Å². The quantitative estimate of drug-likeness (QED) is 0.180. The lowest BCUT2D eigenvalue weighted by Gasteiger charge is -2.26. The summed E-state index contributed by atoms with van der Waals surface area (Å²) in [5, 5.41) is 2.01. The minimum Gasteiger partial charge on any atom is -0.494 e. The van der Waals surface area contributed by atoms with Crippen LogP contribution >= 0.6 is 34.5 Å². The number of fused-ring (bicyclic) bond motifs is 2. The molecule has 2 aromatic heterocycles. The van der Waals surface area contributed by atoms with Crippen LogP contribution in [0, 0.1) is 0 Å². The molecule has 10 heteroatoms. The molecule has 1 aliphatic rings. The zero-order valence-electron chi connectivity index (χ0n) is 24.3. The van der Waals surface area contributed by atoms with Crippen LogP contribution in [0.1, 0.15) is 43.5 Å². The van der Waals surface area contributed by atoms with Crippen LogP contribution in [0.15, 0.2) is 94.0 Å². The summed E-state index contributed by atoms with van der Waals surface area (Å²) in [7, 11) is 0. The van der Waals surface area contributed by atoms with Gasteiger partial charge in [0.05, 0.1) is 39.1 Å². The van der Waals surface area contributed by atoms with Gasteiger partial charge in [-0.3, -0.25) is 9.36 Å². The fraction of sp³-hybridized carbons (Fsp3) is 0.206. The number of ether oxygens (including phenoxy) is 2. The Morgan fingerprint density at radius 1 is 1.02 bits per heavy atom. The van der Waals surface area contributed by atoms with Gasteiger partial charge in [-0.2, -0.15) is 0 Å². The Labute approximate surface area is 267 Å². The highest BCUT2D eigenvalue weighted by Crippen LogP contribution is 2.36. The van der Waals surface area contributed by atoms with E-state index in [1.807, 2.05) is 79.9 Å². The van der Waals surface area contributed by atoms with Gasteiger partial charge < -0.3 is 14.0 Å². The van der Waals surface area contributed by atoms with E-state index in [1.54, 1.807) is 24.5 Å². The Kier molecular flexibility index (Phi) is 8.49. The minimum absolute atomic E-state index is 0.201. The average Bonchev–Trinajstić information content (AvgIpc) is 3.51. The van der Waals surface area contributed by atoms with E-state index >= 15 is 0 Å². The van der Waals surface area contributed by atoms with Crippen molar-refractivity contribution in [3.63, 3.8) is 0 Å². The first kappa shape index (κ1) is 29.9. The van der Waals surface area contributed by atoms with Gasteiger partial charge in [-0.25, -0.2) is 9.79 Å². The molecule has 0 fully saturated rings. The van der Waals surface area contributed by atoms with Gasteiger partial charge in [0, 0.05) is 34.8 Å². The number of nitrogens with zero attached hydrogens (tertiary/aromatic N) is 3. The predicted octanol–water partition coefficient (Wildman–Crippen LogP) is 6.51. The fourth-order valence-electron chi connectivity index (χ4n) is 5.58. The fourth-order valence-corrected chi connectivity index (χ4v) is 6.93. The van der Waals surface area contributed by atoms with Crippen molar-refractivity contribution in [2.24, 2.45) is 4.99 Å². The van der Waals surface area contributed by atoms with Crippen molar-refractivity contribution in [2.45, 2.75) is 33.4 Å². The van der Waals surface area contributed by atoms with E-state index in [0.717, 1.165) is 22.0 Å². The summed E-state index contributed by atoms with van der Waals surface area (Å²) < 4.78 is 15.6. The molecular weight excluding hydrogens is 617 g/mol. The molecule has 224 valence electrons. The molecule has 3 aromatic carbocycles. The van der Waals surface area contributed by atoms with Crippen LogP contribution in [-0.4, -0.2) is 28.3 Å². The van der Waals surface area contributed by atoms with E-state index in [-0.39, 0.29) is 12.2 Å². The third-order valence-corrected chi connectivity index (χ3v) is 9.20. The highest BCUT2D eigenvalue weighted by molar-refractivity contribution is 7.07. The molecular formula is C34H29Cl2N3O4S. The van der Waals surface area contributed by atoms with Gasteiger partial charge in [-0.05, 0) is 56.7 Å². The maximum atomic E-state index is 14.2. The number of carbonyl (C=O) groups is 1. The number of para-hydroxylation sites is 2. The average molecular weight is 647 g/mol. The van der Waals surface area contributed by atoms with Crippen LogP contribution in [-0.2, 0) is 16.1 Å². The molecule has 3 heterocycles. The number of benzene rings is 3. The van der Waals surface area contributed by atoms with Gasteiger partial charge in [0.1, 0.15) is 11.8 Å². The molecule has 0 bridgehead atoms. The summed E-state index contributed by atoms with van der Waals surface area (Å²) >= 11 is 13.7. The zero-order chi connectivity index (χ0) is 31.0. The van der Waals surface area contributed by atoms with Crippen LogP contribution in [0.25, 0.3) is 17.0 Å². The molecule has 0 N–H and O–H groups in total. The number of halogens is 2. The summed E-state index contributed by atoms with van der Waals surface area (Å²) in [5.41, 5.74) is 4.17. The molecule has 0 saturated carbocycles. The van der Waals surface area contributed by atoms with Crippen molar-refractivity contribution >= 4 is 57.5 Å². The van der Waals surface area contributed by atoms with Crippen LogP contribution < -0.4 is 19.6 Å². The topological polar surface area (TPSA) is 74.8 Å². The third-order valence-electron chi connectivity index (χ3n) is 7.47. The molecule has 0 spiro atoms. The highest BCUT2D eigenvalue weighted by Gasteiger charge is 2.35. The van der Waals surface area contributed by atoms with E-state index in [1.165, 1.54) is 11.3 Å². The largest absolute Gasteiger partial charge is 0.494 e. The molecule has 6 rings (SSSR count). The van der Waals surface area contributed by atoms with E-state index in [0.29, 0.717) is 55.1 Å². The lowest BCUT2D eigenvalue weighted by molar-refractivity contribution is -0.139. The van der Waals surface area contributed by atoms with E-state index in [9.17, 15) is 9.59 Å². The summed E-state index contributed by atoms with van der Waals surface area (Å²) in [4.78, 5) is 32.8. The second kappa shape index (κ2) is 12.5. The van der Waals surface area contributed by atoms with E-state index in [2.05, 4.69) is 4.57 Å². The Bertz CT molecular complexity index is 2130. The number of aromatic nitrogens is 2. The molecule has 0 radical (unpaired) electrons. The third kappa shape index (κ3) is 5.49. The van der Waals surface area contributed by atoms with Crippen molar-refractivity contribution in [1.82, 2.24) is 9.13 Å². The van der Waals surface area contributed by atoms with Gasteiger partial charge in [0.25, 0.3) is 5.56 Å². The molecule has 1 aliphatic heterocycles. The van der Waals surface area contributed by atoms with Crippen molar-refractivity contribution < 1.29 is 14.3 Å². The summed E-state index contributed by atoms with van der Waals surface area (Å²) in [6, 6.07) is 20.3. The van der Waals surface area contributed by atoms with Crippen molar-refractivity contribution in [3.8, 4) is 5.75 Å². The van der Waals surface area contributed by atoms with E-state index in [4.69, 9.17) is 37.7 Å². The second-order valence-electron chi connectivity index (χ2n) is 10.3. The van der Waals surface area contributed by atoms with Gasteiger partial charge in [-0.1, -0.05) is 77.0 Å². The van der Waals surface area contributed by atoms with Gasteiger partial charge in [-0.15, -0.1) is 0 Å². The van der Waals surface area contributed by atoms with Gasteiger partial charge in [0.2, 0.25) is 0 Å². The summed E-state index contributed by atoms with van der Waals surface area (Å²) in [5.74, 6) is 0.0844. The number of hydrogen-bond acceptors (Lipinski definition) is 6. The SMILES string of the molecule is CCOC(=O)C1=C(C)N=c2s/c(=C\c3cn(Cc4ccc(Cl)c(Cl)c4)c4ccccc34)c(=O)n2[C@H]1c1ccccc1OCC. The second-order valence-corrected chi connectivity index (χ2v) is 12.1. The molecule has 5 aromatic rings. The van der Waals surface area contributed by atoms with Crippen molar-refractivity contribution in [3.05, 3.63) is 131 Å². The number of esters is 1. The van der Waals surface area contributed by atoms with Crippen molar-refractivity contribution in [2.75, 3.05) is 13.2 Å². The molecule has 1 atom stereocenters. The molecule has 0 saturated heterocycles. The van der Waals surface area contributed by atoms with Crippen molar-refractivity contribution in [1.29, 1.82) is 0 Å². The maximum absolute atomic E-state index is 14.2. The first-order chi connectivity index (χ1) is 21.3.